The molecule has 0 aliphatic rings. The fourth-order valence-electron chi connectivity index (χ4n) is 1.56. The molecule has 1 heterocycles. The summed E-state index contributed by atoms with van der Waals surface area (Å²) in [4.78, 5) is 33.8. The van der Waals surface area contributed by atoms with Gasteiger partial charge in [-0.1, -0.05) is 0 Å². The molecular weight excluding hydrogens is 292 g/mol. The molecule has 2 amide bonds. The van der Waals surface area contributed by atoms with Gasteiger partial charge in [0.2, 0.25) is 0 Å². The number of aliphatic carboxylic acids is 1. The number of carboxylic acid groups (broad SMARTS) is 1. The minimum atomic E-state index is -1.11. The summed E-state index contributed by atoms with van der Waals surface area (Å²) in [5.74, 6) is -1.81. The first-order valence-corrected chi connectivity index (χ1v) is 6.94. The lowest BCUT2D eigenvalue weighted by molar-refractivity contribution is -0.135. The average molecular weight is 304 g/mol. The number of thiophene rings is 1. The van der Waals surface area contributed by atoms with Crippen molar-refractivity contribution >= 4 is 34.8 Å². The Bertz CT molecular complexity index is 650. The highest BCUT2D eigenvalue weighted by molar-refractivity contribution is 7.08. The van der Waals surface area contributed by atoms with Gasteiger partial charge in [0.25, 0.3) is 11.8 Å². The van der Waals surface area contributed by atoms with Crippen molar-refractivity contribution in [1.82, 2.24) is 5.32 Å². The van der Waals surface area contributed by atoms with Gasteiger partial charge in [-0.2, -0.15) is 11.3 Å². The van der Waals surface area contributed by atoms with Crippen LogP contribution in [0.1, 0.15) is 20.7 Å². The molecule has 0 fully saturated rings. The van der Waals surface area contributed by atoms with Crippen molar-refractivity contribution in [1.29, 1.82) is 0 Å². The molecule has 0 unspecified atom stereocenters. The van der Waals surface area contributed by atoms with Crippen LogP contribution >= 0.6 is 11.3 Å². The molecule has 0 saturated heterocycles. The molecule has 1 aromatic heterocycles. The van der Waals surface area contributed by atoms with E-state index in [-0.39, 0.29) is 5.91 Å². The highest BCUT2D eigenvalue weighted by Gasteiger charge is 2.09. The predicted molar refractivity (Wildman–Crippen MR) is 78.7 cm³/mol. The quantitative estimate of drug-likeness (QED) is 0.785. The summed E-state index contributed by atoms with van der Waals surface area (Å²) in [6.45, 7) is -0.435. The minimum Gasteiger partial charge on any atom is -0.480 e. The summed E-state index contributed by atoms with van der Waals surface area (Å²) in [5.41, 5.74) is 1.45. The van der Waals surface area contributed by atoms with Crippen LogP contribution < -0.4 is 10.6 Å². The third-order valence-corrected chi connectivity index (χ3v) is 3.27. The van der Waals surface area contributed by atoms with Gasteiger partial charge >= 0.3 is 5.97 Å². The van der Waals surface area contributed by atoms with E-state index in [9.17, 15) is 14.4 Å². The molecule has 0 spiro atoms. The maximum absolute atomic E-state index is 11.8. The topological polar surface area (TPSA) is 95.5 Å². The minimum absolute atomic E-state index is 0.223. The number of carbonyl (C=O) groups is 3. The Morgan fingerprint density at radius 3 is 2.29 bits per heavy atom. The zero-order valence-corrected chi connectivity index (χ0v) is 11.6. The molecule has 2 rings (SSSR count). The first-order valence-electron chi connectivity index (χ1n) is 6.00. The number of carbonyl (C=O) groups excluding carboxylic acids is 2. The summed E-state index contributed by atoms with van der Waals surface area (Å²) in [5, 5.41) is 17.0. The van der Waals surface area contributed by atoms with Crippen LogP contribution in [0.4, 0.5) is 5.69 Å². The van der Waals surface area contributed by atoms with Crippen LogP contribution in [0.5, 0.6) is 0 Å². The SMILES string of the molecule is O=C(O)CNC(=O)c1ccc(NC(=O)c2ccsc2)cc1. The number of anilines is 1. The number of nitrogens with one attached hydrogen (secondary N) is 2. The van der Waals surface area contributed by atoms with E-state index >= 15 is 0 Å². The van der Waals surface area contributed by atoms with Crippen LogP contribution in [-0.2, 0) is 4.79 Å². The Labute approximate surface area is 124 Å². The van der Waals surface area contributed by atoms with Gasteiger partial charge < -0.3 is 15.7 Å². The molecule has 0 atom stereocenters. The lowest BCUT2D eigenvalue weighted by Gasteiger charge is -2.06. The standard InChI is InChI=1S/C14H12N2O4S/c17-12(18)7-15-13(19)9-1-3-11(4-2-9)16-14(20)10-5-6-21-8-10/h1-6,8H,7H2,(H,15,19)(H,16,20)(H,17,18). The van der Waals surface area contributed by atoms with Crippen molar-refractivity contribution in [2.45, 2.75) is 0 Å². The van der Waals surface area contributed by atoms with Crippen LogP contribution in [0, 0.1) is 0 Å². The first-order chi connectivity index (χ1) is 10.1. The number of carboxylic acids is 1. The Balaban J connectivity index is 1.97. The van der Waals surface area contributed by atoms with Gasteiger partial charge in [0.15, 0.2) is 0 Å². The van der Waals surface area contributed by atoms with E-state index in [1.807, 2.05) is 5.38 Å². The average Bonchev–Trinajstić information content (AvgIpc) is 3.00. The van der Waals surface area contributed by atoms with Crippen molar-refractivity contribution in [2.75, 3.05) is 11.9 Å². The first kappa shape index (κ1) is 14.7. The van der Waals surface area contributed by atoms with E-state index in [1.165, 1.54) is 23.5 Å². The van der Waals surface area contributed by atoms with Gasteiger partial charge in [0.05, 0.1) is 5.56 Å². The molecule has 0 aliphatic heterocycles. The number of hydrogen-bond acceptors (Lipinski definition) is 4. The fourth-order valence-corrected chi connectivity index (χ4v) is 2.20. The van der Waals surface area contributed by atoms with E-state index in [1.54, 1.807) is 23.6 Å². The number of amides is 2. The van der Waals surface area contributed by atoms with Crippen LogP contribution in [0.25, 0.3) is 0 Å². The van der Waals surface area contributed by atoms with Crippen LogP contribution in [0.2, 0.25) is 0 Å². The second kappa shape index (κ2) is 6.67. The summed E-state index contributed by atoms with van der Waals surface area (Å²) in [7, 11) is 0. The Kier molecular flexibility index (Phi) is 4.68. The largest absolute Gasteiger partial charge is 0.480 e. The molecule has 7 heteroatoms. The normalized spacial score (nSPS) is 9.90. The smallest absolute Gasteiger partial charge is 0.322 e. The number of hydrogen-bond donors (Lipinski definition) is 3. The van der Waals surface area contributed by atoms with Gasteiger partial charge in [0, 0.05) is 16.6 Å². The summed E-state index contributed by atoms with van der Waals surface area (Å²) in [6, 6.07) is 7.91. The summed E-state index contributed by atoms with van der Waals surface area (Å²) >= 11 is 1.43. The second-order valence-corrected chi connectivity index (χ2v) is 4.90. The van der Waals surface area contributed by atoms with Crippen LogP contribution in [0.3, 0.4) is 0 Å². The Morgan fingerprint density at radius 2 is 1.71 bits per heavy atom. The molecule has 0 aliphatic carbocycles. The zero-order valence-electron chi connectivity index (χ0n) is 10.8. The van der Waals surface area contributed by atoms with Gasteiger partial charge in [-0.3, -0.25) is 14.4 Å². The van der Waals surface area contributed by atoms with Crippen molar-refractivity contribution in [3.05, 3.63) is 52.2 Å². The lowest BCUT2D eigenvalue weighted by atomic mass is 10.2. The van der Waals surface area contributed by atoms with Gasteiger partial charge in [-0.05, 0) is 35.7 Å². The van der Waals surface area contributed by atoms with E-state index < -0.39 is 18.4 Å². The second-order valence-electron chi connectivity index (χ2n) is 4.12. The van der Waals surface area contributed by atoms with Crippen molar-refractivity contribution in [3.8, 4) is 0 Å². The van der Waals surface area contributed by atoms with Crippen molar-refractivity contribution in [2.24, 2.45) is 0 Å². The molecule has 0 bridgehead atoms. The molecule has 108 valence electrons. The summed E-state index contributed by atoms with van der Waals surface area (Å²) < 4.78 is 0. The maximum Gasteiger partial charge on any atom is 0.322 e. The molecule has 0 saturated carbocycles. The van der Waals surface area contributed by atoms with Crippen LogP contribution in [0.15, 0.2) is 41.1 Å². The highest BCUT2D eigenvalue weighted by atomic mass is 32.1. The molecule has 3 N–H and O–H groups in total. The highest BCUT2D eigenvalue weighted by Crippen LogP contribution is 2.13. The maximum atomic E-state index is 11.8. The predicted octanol–water partition coefficient (Wildman–Crippen LogP) is 1.81. The molecular formula is C14H12N2O4S. The Morgan fingerprint density at radius 1 is 1.00 bits per heavy atom. The van der Waals surface area contributed by atoms with Gasteiger partial charge in [0.1, 0.15) is 6.54 Å². The lowest BCUT2D eigenvalue weighted by Crippen LogP contribution is -2.29. The van der Waals surface area contributed by atoms with E-state index in [0.717, 1.165) is 0 Å². The van der Waals surface area contributed by atoms with E-state index in [4.69, 9.17) is 5.11 Å². The van der Waals surface area contributed by atoms with E-state index in [2.05, 4.69) is 10.6 Å². The molecule has 6 nitrogen and oxygen atoms in total. The van der Waals surface area contributed by atoms with Crippen LogP contribution in [-0.4, -0.2) is 29.4 Å². The Hall–Kier alpha value is -2.67. The molecule has 1 aromatic carbocycles. The van der Waals surface area contributed by atoms with Crippen molar-refractivity contribution in [3.63, 3.8) is 0 Å². The molecule has 0 radical (unpaired) electrons. The van der Waals surface area contributed by atoms with Crippen molar-refractivity contribution < 1.29 is 19.5 Å². The zero-order chi connectivity index (χ0) is 15.2. The van der Waals surface area contributed by atoms with Gasteiger partial charge in [-0.25, -0.2) is 0 Å². The number of rotatable bonds is 5. The van der Waals surface area contributed by atoms with Gasteiger partial charge in [-0.15, -0.1) is 0 Å². The third kappa shape index (κ3) is 4.15. The third-order valence-electron chi connectivity index (χ3n) is 2.59. The van der Waals surface area contributed by atoms with E-state index in [0.29, 0.717) is 16.8 Å². The summed E-state index contributed by atoms with van der Waals surface area (Å²) in [6.07, 6.45) is 0. The number of benzene rings is 1. The fraction of sp³-hybridized carbons (Fsp3) is 0.0714. The molecule has 2 aromatic rings. The monoisotopic (exact) mass is 304 g/mol. The molecule has 21 heavy (non-hydrogen) atoms.